The second-order valence-electron chi connectivity index (χ2n) is 6.56. The number of hydrogen-bond donors (Lipinski definition) is 1. The number of anilines is 1. The number of amides is 1. The Morgan fingerprint density at radius 1 is 1.39 bits per heavy atom. The molecule has 4 rings (SSSR count). The van der Waals surface area contributed by atoms with Gasteiger partial charge < -0.3 is 14.7 Å². The van der Waals surface area contributed by atoms with Crippen molar-refractivity contribution in [2.24, 2.45) is 5.92 Å². The first kappa shape index (κ1) is 14.2. The first-order valence-electron chi connectivity index (χ1n) is 8.13. The third-order valence-electron chi connectivity index (χ3n) is 4.68. The molecule has 0 bridgehead atoms. The lowest BCUT2D eigenvalue weighted by Crippen LogP contribution is -2.40. The fraction of sp³-hybridized carbons (Fsp3) is 0.471. The van der Waals surface area contributed by atoms with Crippen LogP contribution < -0.4 is 10.2 Å². The quantitative estimate of drug-likeness (QED) is 0.937. The summed E-state index contributed by atoms with van der Waals surface area (Å²) in [5, 5.41) is 7.00. The van der Waals surface area contributed by atoms with E-state index >= 15 is 0 Å². The zero-order valence-corrected chi connectivity index (χ0v) is 13.1. The van der Waals surface area contributed by atoms with Crippen molar-refractivity contribution in [2.75, 3.05) is 18.0 Å². The summed E-state index contributed by atoms with van der Waals surface area (Å²) in [6.07, 6.45) is 5.90. The Balaban J connectivity index is 1.40. The number of hydrogen-bond acceptors (Lipinski definition) is 5. The van der Waals surface area contributed by atoms with E-state index in [2.05, 4.69) is 27.3 Å². The molecule has 1 amide bonds. The molecule has 0 aromatic carbocycles. The molecule has 6 heteroatoms. The smallest absolute Gasteiger partial charge is 0.273 e. The maximum atomic E-state index is 12.4. The van der Waals surface area contributed by atoms with Crippen LogP contribution in [-0.2, 0) is 0 Å². The summed E-state index contributed by atoms with van der Waals surface area (Å²) >= 11 is 0. The van der Waals surface area contributed by atoms with Crippen LogP contribution in [0.1, 0.15) is 41.9 Å². The Bertz CT molecular complexity index is 696. The van der Waals surface area contributed by atoms with E-state index in [0.29, 0.717) is 17.5 Å². The Hall–Kier alpha value is -2.37. The van der Waals surface area contributed by atoms with Crippen molar-refractivity contribution in [2.45, 2.75) is 31.7 Å². The van der Waals surface area contributed by atoms with Crippen molar-refractivity contribution in [1.29, 1.82) is 0 Å². The summed E-state index contributed by atoms with van der Waals surface area (Å²) < 4.78 is 5.26. The van der Waals surface area contributed by atoms with Crippen LogP contribution in [0.25, 0.3) is 0 Å². The van der Waals surface area contributed by atoms with E-state index < -0.39 is 0 Å². The summed E-state index contributed by atoms with van der Waals surface area (Å²) in [5.74, 6) is 1.53. The van der Waals surface area contributed by atoms with Crippen molar-refractivity contribution in [3.8, 4) is 0 Å². The molecule has 2 fully saturated rings. The van der Waals surface area contributed by atoms with Crippen LogP contribution in [0.4, 0.5) is 5.69 Å². The Morgan fingerprint density at radius 3 is 3.00 bits per heavy atom. The van der Waals surface area contributed by atoms with Gasteiger partial charge >= 0.3 is 0 Å². The number of aromatic nitrogens is 2. The Kier molecular flexibility index (Phi) is 3.52. The first-order chi connectivity index (χ1) is 11.2. The molecule has 1 aliphatic carbocycles. The number of nitrogens with one attached hydrogen (secondary N) is 1. The average Bonchev–Trinajstić information content (AvgIpc) is 3.18. The zero-order chi connectivity index (χ0) is 15.8. The molecule has 0 unspecified atom stereocenters. The van der Waals surface area contributed by atoms with Gasteiger partial charge in [0.15, 0.2) is 5.69 Å². The highest BCUT2D eigenvalue weighted by Gasteiger charge is 2.33. The lowest BCUT2D eigenvalue weighted by Gasteiger charge is -2.18. The van der Waals surface area contributed by atoms with Crippen molar-refractivity contribution < 1.29 is 9.32 Å². The van der Waals surface area contributed by atoms with Gasteiger partial charge in [0.25, 0.3) is 5.91 Å². The summed E-state index contributed by atoms with van der Waals surface area (Å²) in [4.78, 5) is 18.8. The second-order valence-corrected chi connectivity index (χ2v) is 6.56. The van der Waals surface area contributed by atoms with Gasteiger partial charge in [-0.05, 0) is 30.9 Å². The van der Waals surface area contributed by atoms with Crippen LogP contribution in [0.5, 0.6) is 0 Å². The van der Waals surface area contributed by atoms with E-state index in [1.54, 1.807) is 12.3 Å². The fourth-order valence-corrected chi connectivity index (χ4v) is 3.11. The minimum Gasteiger partial charge on any atom is -0.368 e. The highest BCUT2D eigenvalue weighted by molar-refractivity contribution is 5.92. The number of nitrogens with zero attached hydrogens (tertiary/aromatic N) is 3. The van der Waals surface area contributed by atoms with Gasteiger partial charge in [-0.25, -0.2) is 0 Å². The molecule has 1 saturated heterocycles. The van der Waals surface area contributed by atoms with Crippen molar-refractivity contribution >= 4 is 11.6 Å². The molecule has 1 N–H and O–H groups in total. The molecule has 1 saturated carbocycles. The Labute approximate surface area is 134 Å². The molecule has 2 aliphatic rings. The number of carbonyl (C=O) groups excluding carboxylic acids is 1. The van der Waals surface area contributed by atoms with Crippen LogP contribution in [-0.4, -0.2) is 35.2 Å². The number of rotatable bonds is 4. The van der Waals surface area contributed by atoms with E-state index in [4.69, 9.17) is 4.52 Å². The van der Waals surface area contributed by atoms with Gasteiger partial charge in [0, 0.05) is 31.3 Å². The molecule has 0 spiro atoms. The van der Waals surface area contributed by atoms with Crippen LogP contribution >= 0.6 is 0 Å². The molecule has 2 aromatic heterocycles. The molecule has 2 aromatic rings. The SMILES string of the molecule is C[C@@H]1CN(c2cccnc2)C[C@@H]1NC(=O)c1cc(C2CC2)on1. The second kappa shape index (κ2) is 5.68. The molecule has 23 heavy (non-hydrogen) atoms. The molecule has 2 atom stereocenters. The topological polar surface area (TPSA) is 71.3 Å². The lowest BCUT2D eigenvalue weighted by atomic mass is 10.1. The highest BCUT2D eigenvalue weighted by atomic mass is 16.5. The van der Waals surface area contributed by atoms with Crippen molar-refractivity contribution in [3.05, 3.63) is 42.0 Å². The molecular formula is C17H20N4O2. The summed E-state index contributed by atoms with van der Waals surface area (Å²) in [6, 6.07) is 5.86. The van der Waals surface area contributed by atoms with Crippen LogP contribution in [0.3, 0.4) is 0 Å². The molecular weight excluding hydrogens is 292 g/mol. The average molecular weight is 312 g/mol. The number of carbonyl (C=O) groups is 1. The minimum atomic E-state index is -0.148. The van der Waals surface area contributed by atoms with Gasteiger partial charge in [0.05, 0.1) is 17.9 Å². The van der Waals surface area contributed by atoms with Gasteiger partial charge in [0.2, 0.25) is 0 Å². The van der Waals surface area contributed by atoms with Gasteiger partial charge in [0.1, 0.15) is 5.76 Å². The molecule has 120 valence electrons. The predicted molar refractivity (Wildman–Crippen MR) is 85.3 cm³/mol. The molecule has 6 nitrogen and oxygen atoms in total. The summed E-state index contributed by atoms with van der Waals surface area (Å²) in [7, 11) is 0. The third kappa shape index (κ3) is 2.93. The van der Waals surface area contributed by atoms with Gasteiger partial charge in [-0.1, -0.05) is 12.1 Å². The van der Waals surface area contributed by atoms with Crippen LogP contribution in [0.2, 0.25) is 0 Å². The fourth-order valence-electron chi connectivity index (χ4n) is 3.11. The zero-order valence-electron chi connectivity index (χ0n) is 13.1. The van der Waals surface area contributed by atoms with Crippen molar-refractivity contribution in [1.82, 2.24) is 15.5 Å². The highest BCUT2D eigenvalue weighted by Crippen LogP contribution is 2.40. The van der Waals surface area contributed by atoms with E-state index in [1.165, 1.54) is 0 Å². The van der Waals surface area contributed by atoms with Gasteiger partial charge in [-0.15, -0.1) is 0 Å². The van der Waals surface area contributed by atoms with Gasteiger partial charge in [-0.3, -0.25) is 9.78 Å². The van der Waals surface area contributed by atoms with E-state index in [0.717, 1.165) is 37.4 Å². The molecule has 0 radical (unpaired) electrons. The van der Waals surface area contributed by atoms with E-state index in [1.807, 2.05) is 18.3 Å². The lowest BCUT2D eigenvalue weighted by molar-refractivity contribution is 0.0924. The van der Waals surface area contributed by atoms with Crippen LogP contribution in [0, 0.1) is 5.92 Å². The standard InChI is InChI=1S/C17H20N4O2/c1-11-9-21(13-3-2-6-18-8-13)10-15(11)19-17(22)14-7-16(23-20-14)12-4-5-12/h2-3,6-8,11-12,15H,4-5,9-10H2,1H3,(H,19,22)/t11-,15+/m1/s1. The van der Waals surface area contributed by atoms with E-state index in [-0.39, 0.29) is 11.9 Å². The maximum absolute atomic E-state index is 12.4. The summed E-state index contributed by atoms with van der Waals surface area (Å²) in [5.41, 5.74) is 1.48. The molecule has 3 heterocycles. The normalized spacial score (nSPS) is 24.0. The maximum Gasteiger partial charge on any atom is 0.273 e. The summed E-state index contributed by atoms with van der Waals surface area (Å²) in [6.45, 7) is 3.84. The van der Waals surface area contributed by atoms with Crippen LogP contribution in [0.15, 0.2) is 35.1 Å². The van der Waals surface area contributed by atoms with E-state index in [9.17, 15) is 4.79 Å². The van der Waals surface area contributed by atoms with Crippen molar-refractivity contribution in [3.63, 3.8) is 0 Å². The monoisotopic (exact) mass is 312 g/mol. The minimum absolute atomic E-state index is 0.101. The predicted octanol–water partition coefficient (Wildman–Crippen LogP) is 2.20. The first-order valence-corrected chi connectivity index (χ1v) is 8.13. The Morgan fingerprint density at radius 2 is 2.26 bits per heavy atom. The number of pyridine rings is 1. The largest absolute Gasteiger partial charge is 0.368 e. The third-order valence-corrected chi connectivity index (χ3v) is 4.68. The van der Waals surface area contributed by atoms with Gasteiger partial charge in [-0.2, -0.15) is 0 Å². The molecule has 1 aliphatic heterocycles.